The maximum absolute atomic E-state index is 12.2. The molecule has 0 radical (unpaired) electrons. The third-order valence-electron chi connectivity index (χ3n) is 3.22. The number of aliphatic hydroxyl groups excluding tert-OH is 1. The van der Waals surface area contributed by atoms with Crippen LogP contribution in [-0.2, 0) is 0 Å². The number of thiophene rings is 1. The maximum atomic E-state index is 12.2. The predicted octanol–water partition coefficient (Wildman–Crippen LogP) is 1.99. The van der Waals surface area contributed by atoms with E-state index in [1.165, 1.54) is 17.5 Å². The summed E-state index contributed by atoms with van der Waals surface area (Å²) in [5, 5.41) is 14.7. The summed E-state index contributed by atoms with van der Waals surface area (Å²) in [7, 11) is 0. The van der Waals surface area contributed by atoms with Crippen LogP contribution in [0.1, 0.15) is 40.2 Å². The van der Waals surface area contributed by atoms with E-state index >= 15 is 0 Å². The quantitative estimate of drug-likeness (QED) is 0.790. The monoisotopic (exact) mass is 306 g/mol. The number of aliphatic hydroxyl groups is 1. The minimum absolute atomic E-state index is 0.120. The fourth-order valence-electron chi connectivity index (χ4n) is 2.15. The normalized spacial score (nSPS) is 13.7. The summed E-state index contributed by atoms with van der Waals surface area (Å²) in [5.74, 6) is -0.416. The minimum atomic E-state index is -0.615. The number of rotatable bonds is 5. The molecule has 0 aliphatic heterocycles. The number of hydrogen-bond acceptors (Lipinski definition) is 4. The molecule has 0 spiro atoms. The maximum Gasteiger partial charge on any atom is 0.261 e. The molecule has 0 aliphatic rings. The molecule has 0 aliphatic carbocycles. The number of amides is 1. The Morgan fingerprint density at radius 2 is 2.24 bits per heavy atom. The number of aromatic amines is 1. The molecule has 1 amide bonds. The van der Waals surface area contributed by atoms with Crippen molar-refractivity contribution in [3.63, 3.8) is 0 Å². The van der Waals surface area contributed by atoms with Crippen LogP contribution in [0.2, 0.25) is 0 Å². The molecule has 2 aromatic rings. The van der Waals surface area contributed by atoms with Crippen molar-refractivity contribution in [1.82, 2.24) is 10.3 Å². The third-order valence-corrected chi connectivity index (χ3v) is 4.20. The van der Waals surface area contributed by atoms with Gasteiger partial charge < -0.3 is 15.4 Å². The van der Waals surface area contributed by atoms with E-state index in [4.69, 9.17) is 0 Å². The van der Waals surface area contributed by atoms with Crippen molar-refractivity contribution in [3.05, 3.63) is 56.1 Å². The second-order valence-corrected chi connectivity index (χ2v) is 5.99. The standard InChI is InChI=1S/C15H18N2O3S/c1-9-5-6-16-14(19)13(9)15(20)17-10(2)8-11(18)12-4-3-7-21-12/h3-7,10-11,18H,8H2,1-2H3,(H,16,19)(H,17,20). The first-order chi connectivity index (χ1) is 9.99. The van der Waals surface area contributed by atoms with Crippen LogP contribution in [0.3, 0.4) is 0 Å². The van der Waals surface area contributed by atoms with Crippen molar-refractivity contribution in [1.29, 1.82) is 0 Å². The summed E-state index contributed by atoms with van der Waals surface area (Å²) in [5.41, 5.74) is 0.343. The Balaban J connectivity index is 2.01. The zero-order valence-corrected chi connectivity index (χ0v) is 12.7. The van der Waals surface area contributed by atoms with Crippen molar-refractivity contribution in [3.8, 4) is 0 Å². The van der Waals surface area contributed by atoms with Gasteiger partial charge in [-0.3, -0.25) is 9.59 Å². The van der Waals surface area contributed by atoms with Gasteiger partial charge in [-0.05, 0) is 43.3 Å². The Morgan fingerprint density at radius 3 is 2.86 bits per heavy atom. The molecule has 0 bridgehead atoms. The molecular weight excluding hydrogens is 288 g/mol. The molecular formula is C15H18N2O3S. The van der Waals surface area contributed by atoms with Gasteiger partial charge in [0.1, 0.15) is 5.56 Å². The smallest absolute Gasteiger partial charge is 0.261 e. The molecule has 2 unspecified atom stereocenters. The minimum Gasteiger partial charge on any atom is -0.387 e. The highest BCUT2D eigenvalue weighted by molar-refractivity contribution is 7.10. The van der Waals surface area contributed by atoms with Crippen LogP contribution in [0.4, 0.5) is 0 Å². The number of H-pyrrole nitrogens is 1. The Labute approximate surface area is 126 Å². The van der Waals surface area contributed by atoms with Gasteiger partial charge >= 0.3 is 0 Å². The first-order valence-corrected chi connectivity index (χ1v) is 7.57. The van der Waals surface area contributed by atoms with Gasteiger partial charge in [0.05, 0.1) is 6.10 Å². The van der Waals surface area contributed by atoms with Gasteiger partial charge in [-0.2, -0.15) is 0 Å². The van der Waals surface area contributed by atoms with E-state index in [9.17, 15) is 14.7 Å². The van der Waals surface area contributed by atoms with E-state index in [0.29, 0.717) is 12.0 Å². The SMILES string of the molecule is Cc1cc[nH]c(=O)c1C(=O)NC(C)CC(O)c1cccs1. The summed E-state index contributed by atoms with van der Waals surface area (Å²) < 4.78 is 0. The molecule has 2 heterocycles. The van der Waals surface area contributed by atoms with Gasteiger partial charge in [-0.1, -0.05) is 6.07 Å². The van der Waals surface area contributed by atoms with Gasteiger partial charge in [-0.15, -0.1) is 11.3 Å². The van der Waals surface area contributed by atoms with Gasteiger partial charge in [0.2, 0.25) is 0 Å². The molecule has 0 aromatic carbocycles. The van der Waals surface area contributed by atoms with Crippen molar-refractivity contribution in [2.45, 2.75) is 32.4 Å². The third kappa shape index (κ3) is 3.80. The average molecular weight is 306 g/mol. The fraction of sp³-hybridized carbons (Fsp3) is 0.333. The molecule has 2 rings (SSSR count). The van der Waals surface area contributed by atoms with Crippen LogP contribution >= 0.6 is 11.3 Å². The number of nitrogens with one attached hydrogen (secondary N) is 2. The van der Waals surface area contributed by atoms with Crippen LogP contribution in [-0.4, -0.2) is 22.0 Å². The molecule has 112 valence electrons. The summed E-state index contributed by atoms with van der Waals surface area (Å²) >= 11 is 1.48. The molecule has 0 fully saturated rings. The number of aromatic nitrogens is 1. The average Bonchev–Trinajstić information content (AvgIpc) is 2.91. The zero-order valence-electron chi connectivity index (χ0n) is 11.9. The number of hydrogen-bond donors (Lipinski definition) is 3. The number of carbonyl (C=O) groups excluding carboxylic acids is 1. The molecule has 21 heavy (non-hydrogen) atoms. The number of pyridine rings is 1. The first-order valence-electron chi connectivity index (χ1n) is 6.69. The van der Waals surface area contributed by atoms with Gasteiger partial charge in [-0.25, -0.2) is 0 Å². The van der Waals surface area contributed by atoms with Crippen molar-refractivity contribution in [2.75, 3.05) is 0 Å². The Morgan fingerprint density at radius 1 is 1.48 bits per heavy atom. The van der Waals surface area contributed by atoms with Crippen molar-refractivity contribution >= 4 is 17.2 Å². The summed E-state index contributed by atoms with van der Waals surface area (Å²) in [6.45, 7) is 3.52. The van der Waals surface area contributed by atoms with E-state index in [2.05, 4.69) is 10.3 Å². The molecule has 2 aromatic heterocycles. The van der Waals surface area contributed by atoms with Gasteiger partial charge in [0.15, 0.2) is 0 Å². The highest BCUT2D eigenvalue weighted by atomic mass is 32.1. The second kappa shape index (κ2) is 6.69. The molecule has 0 saturated carbocycles. The summed E-state index contributed by atoms with van der Waals surface area (Å²) in [6, 6.07) is 5.17. The van der Waals surface area contributed by atoms with E-state index in [-0.39, 0.29) is 11.6 Å². The van der Waals surface area contributed by atoms with E-state index in [1.807, 2.05) is 17.5 Å². The molecule has 5 nitrogen and oxygen atoms in total. The number of aryl methyl sites for hydroxylation is 1. The lowest BCUT2D eigenvalue weighted by molar-refractivity contribution is 0.0916. The van der Waals surface area contributed by atoms with Gasteiger partial charge in [0, 0.05) is 17.1 Å². The summed E-state index contributed by atoms with van der Waals surface area (Å²) in [4.78, 5) is 27.2. The van der Waals surface area contributed by atoms with Crippen LogP contribution in [0.25, 0.3) is 0 Å². The molecule has 2 atom stereocenters. The van der Waals surface area contributed by atoms with Crippen molar-refractivity contribution in [2.24, 2.45) is 0 Å². The lowest BCUT2D eigenvalue weighted by atomic mass is 10.1. The largest absolute Gasteiger partial charge is 0.387 e. The Bertz CT molecular complexity index is 664. The highest BCUT2D eigenvalue weighted by Gasteiger charge is 2.18. The molecule has 3 N–H and O–H groups in total. The molecule has 6 heteroatoms. The van der Waals surface area contributed by atoms with Gasteiger partial charge in [0.25, 0.3) is 11.5 Å². The summed E-state index contributed by atoms with van der Waals surface area (Å²) in [6.07, 6.45) is 1.30. The van der Waals surface area contributed by atoms with Crippen LogP contribution < -0.4 is 10.9 Å². The van der Waals surface area contributed by atoms with Crippen LogP contribution in [0, 0.1) is 6.92 Å². The lowest BCUT2D eigenvalue weighted by Crippen LogP contribution is -2.37. The van der Waals surface area contributed by atoms with Crippen LogP contribution in [0.15, 0.2) is 34.6 Å². The predicted molar refractivity (Wildman–Crippen MR) is 82.6 cm³/mol. The zero-order chi connectivity index (χ0) is 15.4. The van der Waals surface area contributed by atoms with Crippen LogP contribution in [0.5, 0.6) is 0 Å². The topological polar surface area (TPSA) is 82.2 Å². The Hall–Kier alpha value is -1.92. The van der Waals surface area contributed by atoms with Crippen molar-refractivity contribution < 1.29 is 9.90 Å². The molecule has 0 saturated heterocycles. The highest BCUT2D eigenvalue weighted by Crippen LogP contribution is 2.22. The lowest BCUT2D eigenvalue weighted by Gasteiger charge is -2.17. The van der Waals surface area contributed by atoms with E-state index in [0.717, 1.165) is 4.88 Å². The van der Waals surface area contributed by atoms with E-state index < -0.39 is 17.6 Å². The van der Waals surface area contributed by atoms with E-state index in [1.54, 1.807) is 19.9 Å². The fourth-order valence-corrected chi connectivity index (χ4v) is 2.87. The first kappa shape index (κ1) is 15.5. The number of carbonyl (C=O) groups is 1. The second-order valence-electron chi connectivity index (χ2n) is 5.01. The Kier molecular flexibility index (Phi) is 4.93.